The van der Waals surface area contributed by atoms with Crippen LogP contribution in [0.2, 0.25) is 0 Å². The number of nitrogens with zero attached hydrogens (tertiary/aromatic N) is 1. The summed E-state index contributed by atoms with van der Waals surface area (Å²) in [5, 5.41) is 6.84. The molecule has 19 heavy (non-hydrogen) atoms. The highest BCUT2D eigenvalue weighted by Gasteiger charge is 2.14. The molecule has 0 spiro atoms. The Morgan fingerprint density at radius 1 is 1.32 bits per heavy atom. The molecule has 0 saturated heterocycles. The topological polar surface area (TPSA) is 24.9 Å². The van der Waals surface area contributed by atoms with E-state index in [1.54, 1.807) is 11.3 Å². The molecule has 0 aliphatic carbocycles. The standard InChI is InChI=1S/C16H22N2S/c1-4-17-10-15(9-16-18-13(3)11-19-16)14-7-5-6-12(2)8-14/h5-8,11,15,17H,4,9-10H2,1-3H3. The Balaban J connectivity index is 2.15. The van der Waals surface area contributed by atoms with Crippen molar-refractivity contribution in [3.05, 3.63) is 51.5 Å². The number of aryl methyl sites for hydroxylation is 2. The molecule has 0 amide bonds. The van der Waals surface area contributed by atoms with Crippen LogP contribution in [0.1, 0.15) is 34.7 Å². The van der Waals surface area contributed by atoms with Crippen molar-refractivity contribution in [1.82, 2.24) is 10.3 Å². The summed E-state index contributed by atoms with van der Waals surface area (Å²) >= 11 is 1.77. The van der Waals surface area contributed by atoms with Crippen LogP contribution in [0, 0.1) is 13.8 Å². The maximum atomic E-state index is 4.60. The first-order chi connectivity index (χ1) is 9.19. The summed E-state index contributed by atoms with van der Waals surface area (Å²) in [6.07, 6.45) is 1.02. The fourth-order valence-corrected chi connectivity index (χ4v) is 3.11. The van der Waals surface area contributed by atoms with E-state index in [2.05, 4.69) is 60.7 Å². The Morgan fingerprint density at radius 2 is 2.16 bits per heavy atom. The Kier molecular flexibility index (Phi) is 5.11. The molecule has 1 aromatic carbocycles. The zero-order valence-corrected chi connectivity index (χ0v) is 12.8. The third-order valence-corrected chi connectivity index (χ3v) is 4.23. The second-order valence-electron chi connectivity index (χ2n) is 5.01. The van der Waals surface area contributed by atoms with Crippen molar-refractivity contribution in [2.45, 2.75) is 33.1 Å². The number of aromatic nitrogens is 1. The van der Waals surface area contributed by atoms with Crippen molar-refractivity contribution >= 4 is 11.3 Å². The fourth-order valence-electron chi connectivity index (χ4n) is 2.26. The van der Waals surface area contributed by atoms with E-state index in [0.717, 1.165) is 25.2 Å². The SMILES string of the molecule is CCNCC(Cc1nc(C)cs1)c1cccc(C)c1. The highest BCUT2D eigenvalue weighted by Crippen LogP contribution is 2.23. The van der Waals surface area contributed by atoms with Crippen LogP contribution in [0.4, 0.5) is 0 Å². The fraction of sp³-hybridized carbons (Fsp3) is 0.438. The number of hydrogen-bond acceptors (Lipinski definition) is 3. The van der Waals surface area contributed by atoms with Gasteiger partial charge in [-0.25, -0.2) is 4.98 Å². The van der Waals surface area contributed by atoms with E-state index in [4.69, 9.17) is 0 Å². The van der Waals surface area contributed by atoms with Gasteiger partial charge in [0.25, 0.3) is 0 Å². The lowest BCUT2D eigenvalue weighted by molar-refractivity contribution is 0.593. The van der Waals surface area contributed by atoms with Gasteiger partial charge in [0, 0.05) is 30.0 Å². The molecule has 0 aliphatic rings. The number of likely N-dealkylation sites (N-methyl/N-ethyl adjacent to an activating group) is 1. The molecule has 0 radical (unpaired) electrons. The monoisotopic (exact) mass is 274 g/mol. The van der Waals surface area contributed by atoms with Gasteiger partial charge in [0.2, 0.25) is 0 Å². The Labute approximate surface area is 119 Å². The number of rotatable bonds is 6. The van der Waals surface area contributed by atoms with Gasteiger partial charge in [0.05, 0.1) is 5.01 Å². The maximum Gasteiger partial charge on any atom is 0.0934 e. The lowest BCUT2D eigenvalue weighted by Crippen LogP contribution is -2.22. The second-order valence-corrected chi connectivity index (χ2v) is 5.95. The predicted octanol–water partition coefficient (Wildman–Crippen LogP) is 3.70. The first-order valence-electron chi connectivity index (χ1n) is 6.87. The first kappa shape index (κ1) is 14.2. The summed E-state index contributed by atoms with van der Waals surface area (Å²) < 4.78 is 0. The summed E-state index contributed by atoms with van der Waals surface area (Å²) in [4.78, 5) is 4.60. The van der Waals surface area contributed by atoms with Crippen LogP contribution in [-0.4, -0.2) is 18.1 Å². The van der Waals surface area contributed by atoms with E-state index in [-0.39, 0.29) is 0 Å². The third-order valence-electron chi connectivity index (χ3n) is 3.24. The summed E-state index contributed by atoms with van der Waals surface area (Å²) in [5.74, 6) is 0.505. The minimum Gasteiger partial charge on any atom is -0.316 e. The van der Waals surface area contributed by atoms with Gasteiger partial charge in [0.1, 0.15) is 0 Å². The Morgan fingerprint density at radius 3 is 2.79 bits per heavy atom. The van der Waals surface area contributed by atoms with E-state index in [1.807, 2.05) is 0 Å². The molecule has 1 atom stereocenters. The van der Waals surface area contributed by atoms with E-state index >= 15 is 0 Å². The smallest absolute Gasteiger partial charge is 0.0934 e. The summed E-state index contributed by atoms with van der Waals surface area (Å²) in [5.41, 5.74) is 3.87. The van der Waals surface area contributed by atoms with E-state index < -0.39 is 0 Å². The van der Waals surface area contributed by atoms with Gasteiger partial charge in [-0.15, -0.1) is 11.3 Å². The van der Waals surface area contributed by atoms with Crippen LogP contribution in [0.5, 0.6) is 0 Å². The molecule has 0 bridgehead atoms. The lowest BCUT2D eigenvalue weighted by Gasteiger charge is -2.17. The Hall–Kier alpha value is -1.19. The van der Waals surface area contributed by atoms with Crippen molar-refractivity contribution in [3.8, 4) is 0 Å². The van der Waals surface area contributed by atoms with Gasteiger partial charge in [0.15, 0.2) is 0 Å². The molecule has 0 aliphatic heterocycles. The zero-order chi connectivity index (χ0) is 13.7. The first-order valence-corrected chi connectivity index (χ1v) is 7.75. The minimum atomic E-state index is 0.505. The van der Waals surface area contributed by atoms with Crippen LogP contribution in [0.15, 0.2) is 29.6 Å². The molecule has 1 unspecified atom stereocenters. The molecule has 102 valence electrons. The summed E-state index contributed by atoms with van der Waals surface area (Å²) in [6.45, 7) is 8.39. The van der Waals surface area contributed by atoms with Crippen molar-refractivity contribution in [2.75, 3.05) is 13.1 Å². The molecule has 2 aromatic rings. The molecule has 1 N–H and O–H groups in total. The van der Waals surface area contributed by atoms with Crippen LogP contribution < -0.4 is 5.32 Å². The highest BCUT2D eigenvalue weighted by atomic mass is 32.1. The Bertz CT molecular complexity index is 519. The summed E-state index contributed by atoms with van der Waals surface area (Å²) in [7, 11) is 0. The van der Waals surface area contributed by atoms with E-state index in [9.17, 15) is 0 Å². The molecule has 0 fully saturated rings. The van der Waals surface area contributed by atoms with Crippen LogP contribution in [0.25, 0.3) is 0 Å². The highest BCUT2D eigenvalue weighted by molar-refractivity contribution is 7.09. The molecule has 3 heteroatoms. The molecular formula is C16H22N2S. The number of thiazole rings is 1. The predicted molar refractivity (Wildman–Crippen MR) is 83.0 cm³/mol. The van der Waals surface area contributed by atoms with Gasteiger partial charge in [-0.2, -0.15) is 0 Å². The molecule has 1 heterocycles. The van der Waals surface area contributed by atoms with Gasteiger partial charge < -0.3 is 5.32 Å². The number of nitrogens with one attached hydrogen (secondary N) is 1. The summed E-state index contributed by atoms with van der Waals surface area (Å²) in [6, 6.07) is 8.83. The van der Waals surface area contributed by atoms with Gasteiger partial charge in [-0.05, 0) is 26.0 Å². The molecule has 2 nitrogen and oxygen atoms in total. The van der Waals surface area contributed by atoms with Gasteiger partial charge in [-0.3, -0.25) is 0 Å². The number of benzene rings is 1. The van der Waals surface area contributed by atoms with Gasteiger partial charge in [-0.1, -0.05) is 36.8 Å². The zero-order valence-electron chi connectivity index (χ0n) is 11.9. The second kappa shape index (κ2) is 6.83. The average molecular weight is 274 g/mol. The van der Waals surface area contributed by atoms with Crippen molar-refractivity contribution < 1.29 is 0 Å². The quantitative estimate of drug-likeness (QED) is 0.869. The molecule has 0 saturated carbocycles. The molecule has 2 rings (SSSR count). The average Bonchev–Trinajstić information content (AvgIpc) is 2.80. The van der Waals surface area contributed by atoms with Crippen molar-refractivity contribution in [1.29, 1.82) is 0 Å². The van der Waals surface area contributed by atoms with Crippen LogP contribution >= 0.6 is 11.3 Å². The minimum absolute atomic E-state index is 0.505. The van der Waals surface area contributed by atoms with Crippen molar-refractivity contribution in [2.24, 2.45) is 0 Å². The maximum absolute atomic E-state index is 4.60. The normalized spacial score (nSPS) is 12.6. The lowest BCUT2D eigenvalue weighted by atomic mass is 9.94. The van der Waals surface area contributed by atoms with Crippen molar-refractivity contribution in [3.63, 3.8) is 0 Å². The van der Waals surface area contributed by atoms with Crippen LogP contribution in [0.3, 0.4) is 0 Å². The largest absolute Gasteiger partial charge is 0.316 e. The molecule has 1 aromatic heterocycles. The van der Waals surface area contributed by atoms with E-state index in [1.165, 1.54) is 16.1 Å². The third kappa shape index (κ3) is 4.15. The van der Waals surface area contributed by atoms with Crippen LogP contribution in [-0.2, 0) is 6.42 Å². The van der Waals surface area contributed by atoms with E-state index in [0.29, 0.717) is 5.92 Å². The van der Waals surface area contributed by atoms with Gasteiger partial charge >= 0.3 is 0 Å². The number of hydrogen-bond donors (Lipinski definition) is 1. The molecular weight excluding hydrogens is 252 g/mol.